The lowest BCUT2D eigenvalue weighted by molar-refractivity contribution is -0.149. The van der Waals surface area contributed by atoms with Crippen LogP contribution in [0.15, 0.2) is 42.1 Å². The van der Waals surface area contributed by atoms with Crippen LogP contribution < -0.4 is 0 Å². The number of ether oxygens (including phenoxy) is 2. The second-order valence-electron chi connectivity index (χ2n) is 5.50. The van der Waals surface area contributed by atoms with Gasteiger partial charge in [-0.3, -0.25) is 9.59 Å². The first-order valence-electron chi connectivity index (χ1n) is 7.45. The zero-order valence-electron chi connectivity index (χ0n) is 12.7. The highest BCUT2D eigenvalue weighted by Crippen LogP contribution is 2.37. The minimum atomic E-state index is -0.630. The summed E-state index contributed by atoms with van der Waals surface area (Å²) in [7, 11) is 1.30. The first-order chi connectivity index (χ1) is 11.1. The Labute approximate surface area is 133 Å². The molecule has 0 spiro atoms. The van der Waals surface area contributed by atoms with Crippen molar-refractivity contribution in [3.8, 4) is 0 Å². The van der Waals surface area contributed by atoms with E-state index in [4.69, 9.17) is 9.47 Å². The van der Waals surface area contributed by atoms with E-state index in [1.807, 2.05) is 30.3 Å². The predicted octanol–water partition coefficient (Wildman–Crippen LogP) is 1.58. The summed E-state index contributed by atoms with van der Waals surface area (Å²) in [5.74, 6) is -1.75. The van der Waals surface area contributed by atoms with E-state index in [-0.39, 0.29) is 18.9 Å². The van der Waals surface area contributed by atoms with Crippen molar-refractivity contribution in [3.63, 3.8) is 0 Å². The molecule has 3 rings (SSSR count). The fraction of sp³-hybridized carbons (Fsp3) is 0.353. The van der Waals surface area contributed by atoms with E-state index in [1.54, 1.807) is 0 Å². The van der Waals surface area contributed by atoms with Crippen LogP contribution in [0.25, 0.3) is 0 Å². The van der Waals surface area contributed by atoms with E-state index in [1.165, 1.54) is 18.1 Å². The Morgan fingerprint density at radius 3 is 2.70 bits per heavy atom. The van der Waals surface area contributed by atoms with Gasteiger partial charge in [-0.05, 0) is 12.0 Å². The summed E-state index contributed by atoms with van der Waals surface area (Å²) in [6, 6.07) is 8.90. The van der Waals surface area contributed by atoms with Gasteiger partial charge in [-0.2, -0.15) is 0 Å². The normalized spacial score (nSPS) is 24.2. The third-order valence-corrected chi connectivity index (χ3v) is 4.18. The molecule has 0 unspecified atom stereocenters. The molecule has 120 valence electrons. The molecule has 1 fully saturated rings. The van der Waals surface area contributed by atoms with E-state index in [9.17, 15) is 14.4 Å². The lowest BCUT2D eigenvalue weighted by Crippen LogP contribution is -2.43. The predicted molar refractivity (Wildman–Crippen MR) is 79.8 cm³/mol. The lowest BCUT2D eigenvalue weighted by Gasteiger charge is -2.37. The van der Waals surface area contributed by atoms with Crippen LogP contribution in [0, 0.1) is 5.92 Å². The number of hydrogen-bond acceptors (Lipinski definition) is 5. The molecule has 1 amide bonds. The van der Waals surface area contributed by atoms with E-state index in [0.29, 0.717) is 12.1 Å². The average Bonchev–Trinajstić information content (AvgIpc) is 2.75. The Morgan fingerprint density at radius 2 is 2.00 bits per heavy atom. The van der Waals surface area contributed by atoms with Crippen LogP contribution in [0.2, 0.25) is 0 Å². The Kier molecular flexibility index (Phi) is 4.14. The zero-order chi connectivity index (χ0) is 16.4. The van der Waals surface area contributed by atoms with Gasteiger partial charge in [0.05, 0.1) is 19.1 Å². The standard InChI is InChI=1S/C17H17NO5/c1-22-17(21)12-7-8-15(19)18-13(12)9-16(20)23-10-14(18)11-5-3-2-4-6-11/h2-6,9,12,14H,7-8,10H2,1H3/t12-,14+/m1/s1. The summed E-state index contributed by atoms with van der Waals surface area (Å²) in [6.07, 6.45) is 1.80. The maximum Gasteiger partial charge on any atom is 0.332 e. The first kappa shape index (κ1) is 15.3. The number of nitrogens with zero attached hydrogens (tertiary/aromatic N) is 1. The SMILES string of the molecule is COC(=O)[C@@H]1CCC(=O)N2C1=CC(=O)OC[C@H]2c1ccccc1. The second-order valence-corrected chi connectivity index (χ2v) is 5.50. The molecule has 0 aliphatic carbocycles. The molecular weight excluding hydrogens is 298 g/mol. The van der Waals surface area contributed by atoms with Crippen LogP contribution in [0.5, 0.6) is 0 Å². The van der Waals surface area contributed by atoms with E-state index in [0.717, 1.165) is 5.56 Å². The first-order valence-corrected chi connectivity index (χ1v) is 7.45. The molecule has 0 aromatic heterocycles. The number of methoxy groups -OCH3 is 1. The third-order valence-electron chi connectivity index (χ3n) is 4.18. The van der Waals surface area contributed by atoms with Crippen LogP contribution >= 0.6 is 0 Å². The molecule has 1 saturated heterocycles. The number of rotatable bonds is 2. The van der Waals surface area contributed by atoms with Crippen molar-refractivity contribution in [2.45, 2.75) is 18.9 Å². The summed E-state index contributed by atoms with van der Waals surface area (Å²) in [6.45, 7) is 0.0580. The number of amides is 1. The maximum atomic E-state index is 12.5. The highest BCUT2D eigenvalue weighted by atomic mass is 16.5. The molecule has 2 heterocycles. The van der Waals surface area contributed by atoms with Crippen LogP contribution in [0.1, 0.15) is 24.4 Å². The Hall–Kier alpha value is -2.63. The number of fused-ring (bicyclic) bond motifs is 1. The molecule has 0 radical (unpaired) electrons. The summed E-state index contributed by atoms with van der Waals surface area (Å²) in [5, 5.41) is 0. The van der Waals surface area contributed by atoms with Gasteiger partial charge in [0.15, 0.2) is 0 Å². The molecule has 1 aromatic rings. The molecule has 2 aliphatic rings. The zero-order valence-corrected chi connectivity index (χ0v) is 12.7. The van der Waals surface area contributed by atoms with Crippen LogP contribution in [0.3, 0.4) is 0 Å². The molecule has 2 aliphatic heterocycles. The van der Waals surface area contributed by atoms with Gasteiger partial charge in [0.2, 0.25) is 5.91 Å². The number of carbonyl (C=O) groups is 3. The van der Waals surface area contributed by atoms with Gasteiger partial charge in [0.1, 0.15) is 6.61 Å². The monoisotopic (exact) mass is 315 g/mol. The fourth-order valence-corrected chi connectivity index (χ4v) is 3.07. The van der Waals surface area contributed by atoms with Gasteiger partial charge in [0.25, 0.3) is 0 Å². The van der Waals surface area contributed by atoms with Gasteiger partial charge in [0, 0.05) is 18.2 Å². The van der Waals surface area contributed by atoms with Crippen molar-refractivity contribution >= 4 is 17.8 Å². The van der Waals surface area contributed by atoms with Gasteiger partial charge in [-0.25, -0.2) is 4.79 Å². The third kappa shape index (κ3) is 2.84. The Bertz CT molecular complexity index is 667. The van der Waals surface area contributed by atoms with Crippen molar-refractivity contribution < 1.29 is 23.9 Å². The molecule has 0 saturated carbocycles. The van der Waals surface area contributed by atoms with Gasteiger partial charge in [-0.15, -0.1) is 0 Å². The minimum Gasteiger partial charge on any atom is -0.469 e. The molecule has 1 aromatic carbocycles. The molecule has 6 nitrogen and oxygen atoms in total. The highest BCUT2D eigenvalue weighted by Gasteiger charge is 2.42. The van der Waals surface area contributed by atoms with Crippen LogP contribution in [-0.4, -0.2) is 36.5 Å². The topological polar surface area (TPSA) is 72.9 Å². The highest BCUT2D eigenvalue weighted by molar-refractivity contribution is 5.91. The van der Waals surface area contributed by atoms with Crippen molar-refractivity contribution in [3.05, 3.63) is 47.7 Å². The van der Waals surface area contributed by atoms with Crippen molar-refractivity contribution in [2.24, 2.45) is 5.92 Å². The smallest absolute Gasteiger partial charge is 0.332 e. The van der Waals surface area contributed by atoms with Crippen LogP contribution in [0.4, 0.5) is 0 Å². The van der Waals surface area contributed by atoms with Crippen molar-refractivity contribution in [1.29, 1.82) is 0 Å². The molecule has 2 atom stereocenters. The van der Waals surface area contributed by atoms with E-state index < -0.39 is 23.9 Å². The Morgan fingerprint density at radius 1 is 1.26 bits per heavy atom. The summed E-state index contributed by atoms with van der Waals surface area (Å²) in [5.41, 5.74) is 1.22. The number of hydrogen-bond donors (Lipinski definition) is 0. The quantitative estimate of drug-likeness (QED) is 0.775. The largest absolute Gasteiger partial charge is 0.469 e. The maximum absolute atomic E-state index is 12.5. The van der Waals surface area contributed by atoms with Gasteiger partial charge >= 0.3 is 11.9 Å². The number of piperidine rings is 1. The molecule has 23 heavy (non-hydrogen) atoms. The summed E-state index contributed by atoms with van der Waals surface area (Å²) >= 11 is 0. The number of benzene rings is 1. The molecule has 0 N–H and O–H groups in total. The van der Waals surface area contributed by atoms with Gasteiger partial charge < -0.3 is 14.4 Å². The average molecular weight is 315 g/mol. The number of carbonyl (C=O) groups excluding carboxylic acids is 3. The minimum absolute atomic E-state index is 0.0580. The fourth-order valence-electron chi connectivity index (χ4n) is 3.07. The van der Waals surface area contributed by atoms with Crippen molar-refractivity contribution in [1.82, 2.24) is 4.90 Å². The summed E-state index contributed by atoms with van der Waals surface area (Å²) < 4.78 is 10.0. The van der Waals surface area contributed by atoms with E-state index >= 15 is 0 Å². The number of esters is 2. The molecule has 0 bridgehead atoms. The Balaban J connectivity index is 2.05. The van der Waals surface area contributed by atoms with Crippen molar-refractivity contribution in [2.75, 3.05) is 13.7 Å². The molecular formula is C17H17NO5. The second kappa shape index (κ2) is 6.24. The number of cyclic esters (lactones) is 1. The molecule has 6 heteroatoms. The lowest BCUT2D eigenvalue weighted by atomic mass is 9.90. The van der Waals surface area contributed by atoms with E-state index in [2.05, 4.69) is 0 Å². The van der Waals surface area contributed by atoms with Crippen LogP contribution in [-0.2, 0) is 23.9 Å². The summed E-state index contributed by atoms with van der Waals surface area (Å²) in [4.78, 5) is 37.9. The van der Waals surface area contributed by atoms with Gasteiger partial charge in [-0.1, -0.05) is 30.3 Å².